The van der Waals surface area contributed by atoms with Gasteiger partial charge < -0.3 is 15.4 Å². The molecule has 2 N–H and O–H groups in total. The van der Waals surface area contributed by atoms with Crippen molar-refractivity contribution in [2.75, 3.05) is 12.4 Å². The van der Waals surface area contributed by atoms with E-state index >= 15 is 0 Å². The van der Waals surface area contributed by atoms with Crippen molar-refractivity contribution in [1.29, 1.82) is 5.26 Å². The first-order valence-corrected chi connectivity index (χ1v) is 7.02. The number of amides is 2. The molecule has 0 saturated heterocycles. The lowest BCUT2D eigenvalue weighted by Gasteiger charge is -2.21. The third kappa shape index (κ3) is 5.43. The van der Waals surface area contributed by atoms with Crippen molar-refractivity contribution in [2.24, 2.45) is 5.92 Å². The molecule has 0 aliphatic carbocycles. The monoisotopic (exact) mass is 317 g/mol. The number of nitriles is 1. The van der Waals surface area contributed by atoms with Crippen molar-refractivity contribution < 1.29 is 19.1 Å². The van der Waals surface area contributed by atoms with E-state index in [1.54, 1.807) is 19.1 Å². The van der Waals surface area contributed by atoms with Gasteiger partial charge in [0.05, 0.1) is 13.2 Å². The first-order chi connectivity index (χ1) is 10.9. The molecule has 7 nitrogen and oxygen atoms in total. The number of anilines is 1. The molecule has 0 radical (unpaired) electrons. The summed E-state index contributed by atoms with van der Waals surface area (Å²) in [6, 6.07) is 7.30. The summed E-state index contributed by atoms with van der Waals surface area (Å²) in [7, 11) is 1.23. The van der Waals surface area contributed by atoms with Crippen LogP contribution in [-0.4, -0.2) is 30.9 Å². The smallest absolute Gasteiger partial charge is 0.328 e. The lowest BCUT2D eigenvalue weighted by Crippen LogP contribution is -2.45. The van der Waals surface area contributed by atoms with Crippen LogP contribution in [0.3, 0.4) is 0 Å². The fourth-order valence-electron chi connectivity index (χ4n) is 1.96. The maximum Gasteiger partial charge on any atom is 0.328 e. The molecule has 2 atom stereocenters. The molecule has 122 valence electrons. The Labute approximate surface area is 134 Å². The molecule has 0 bridgehead atoms. The van der Waals surface area contributed by atoms with Gasteiger partial charge in [-0.3, -0.25) is 9.59 Å². The predicted molar refractivity (Wildman–Crippen MR) is 83.4 cm³/mol. The second-order valence-electron chi connectivity index (χ2n) is 5.07. The van der Waals surface area contributed by atoms with Crippen LogP contribution < -0.4 is 10.6 Å². The molecular weight excluding hydrogens is 298 g/mol. The van der Waals surface area contributed by atoms with Crippen LogP contribution in [0.4, 0.5) is 5.69 Å². The molecule has 0 heterocycles. The third-order valence-electron chi connectivity index (χ3n) is 3.19. The van der Waals surface area contributed by atoms with Gasteiger partial charge in [-0.05, 0) is 24.3 Å². The standard InChI is InChI=1S/C16H19N3O4/c1-10(8-9-17)14(16(22)23-3)19-15(21)12-4-6-13(7-5-12)18-11(2)20/h4-7,10,14H,8H2,1-3H3,(H,18,20)(H,19,21)/t10-,14+/m1/s1. The Morgan fingerprint density at radius 3 is 2.35 bits per heavy atom. The zero-order valence-electron chi connectivity index (χ0n) is 13.3. The Morgan fingerprint density at radius 1 is 1.26 bits per heavy atom. The van der Waals surface area contributed by atoms with E-state index < -0.39 is 17.9 Å². The number of esters is 1. The summed E-state index contributed by atoms with van der Waals surface area (Å²) < 4.78 is 4.67. The minimum atomic E-state index is -0.901. The summed E-state index contributed by atoms with van der Waals surface area (Å²) in [5.41, 5.74) is 0.897. The molecule has 0 unspecified atom stereocenters. The minimum absolute atomic E-state index is 0.113. The molecule has 0 aromatic heterocycles. The topological polar surface area (TPSA) is 108 Å². The SMILES string of the molecule is COC(=O)[C@@H](NC(=O)c1ccc(NC(C)=O)cc1)[C@H](C)CC#N. The number of methoxy groups -OCH3 is 1. The summed E-state index contributed by atoms with van der Waals surface area (Å²) in [6.07, 6.45) is 0.113. The Kier molecular flexibility index (Phi) is 6.74. The van der Waals surface area contributed by atoms with E-state index in [0.29, 0.717) is 11.3 Å². The molecule has 0 aliphatic heterocycles. The van der Waals surface area contributed by atoms with E-state index in [0.717, 1.165) is 0 Å². The molecule has 0 fully saturated rings. The first-order valence-electron chi connectivity index (χ1n) is 7.02. The van der Waals surface area contributed by atoms with Crippen molar-refractivity contribution in [2.45, 2.75) is 26.3 Å². The van der Waals surface area contributed by atoms with Crippen molar-refractivity contribution in [3.63, 3.8) is 0 Å². The van der Waals surface area contributed by atoms with Gasteiger partial charge in [0, 0.05) is 30.5 Å². The van der Waals surface area contributed by atoms with Gasteiger partial charge in [-0.25, -0.2) is 4.79 Å². The zero-order valence-corrected chi connectivity index (χ0v) is 13.3. The highest BCUT2D eigenvalue weighted by Crippen LogP contribution is 2.13. The molecule has 0 spiro atoms. The number of benzene rings is 1. The lowest BCUT2D eigenvalue weighted by molar-refractivity contribution is -0.144. The van der Waals surface area contributed by atoms with Gasteiger partial charge in [-0.1, -0.05) is 6.92 Å². The molecular formula is C16H19N3O4. The molecule has 0 saturated carbocycles. The summed E-state index contributed by atoms with van der Waals surface area (Å²) in [4.78, 5) is 35.0. The quantitative estimate of drug-likeness (QED) is 0.772. The Bertz CT molecular complexity index is 619. The zero-order chi connectivity index (χ0) is 17.4. The second-order valence-corrected chi connectivity index (χ2v) is 5.07. The summed E-state index contributed by atoms with van der Waals surface area (Å²) in [5, 5.41) is 13.9. The Balaban J connectivity index is 2.84. The average Bonchev–Trinajstić information content (AvgIpc) is 2.52. The first kappa shape index (κ1) is 18.2. The maximum absolute atomic E-state index is 12.2. The van der Waals surface area contributed by atoms with E-state index in [1.807, 2.05) is 6.07 Å². The van der Waals surface area contributed by atoms with Crippen LogP contribution in [0.1, 0.15) is 30.6 Å². The summed E-state index contributed by atoms with van der Waals surface area (Å²) in [6.45, 7) is 3.07. The van der Waals surface area contributed by atoms with E-state index in [-0.39, 0.29) is 18.2 Å². The number of nitrogens with zero attached hydrogens (tertiary/aromatic N) is 1. The number of carbonyl (C=O) groups is 3. The van der Waals surface area contributed by atoms with Crippen LogP contribution in [0.15, 0.2) is 24.3 Å². The number of hydrogen-bond acceptors (Lipinski definition) is 5. The number of ether oxygens (including phenoxy) is 1. The number of nitrogens with one attached hydrogen (secondary N) is 2. The molecule has 1 aromatic rings. The van der Waals surface area contributed by atoms with E-state index in [9.17, 15) is 14.4 Å². The second kappa shape index (κ2) is 8.54. The van der Waals surface area contributed by atoms with Crippen LogP contribution in [0, 0.1) is 17.2 Å². The third-order valence-corrected chi connectivity index (χ3v) is 3.19. The van der Waals surface area contributed by atoms with Gasteiger partial charge in [-0.15, -0.1) is 0 Å². The Morgan fingerprint density at radius 2 is 1.87 bits per heavy atom. The summed E-state index contributed by atoms with van der Waals surface area (Å²) >= 11 is 0. The van der Waals surface area contributed by atoms with Gasteiger partial charge in [0.2, 0.25) is 5.91 Å². The van der Waals surface area contributed by atoms with E-state index in [1.165, 1.54) is 26.2 Å². The normalized spacial score (nSPS) is 12.4. The number of carbonyl (C=O) groups excluding carboxylic acids is 3. The fraction of sp³-hybridized carbons (Fsp3) is 0.375. The predicted octanol–water partition coefficient (Wildman–Crippen LogP) is 1.47. The van der Waals surface area contributed by atoms with Crippen molar-refractivity contribution in [1.82, 2.24) is 5.32 Å². The van der Waals surface area contributed by atoms with Gasteiger partial charge in [0.25, 0.3) is 5.91 Å². The van der Waals surface area contributed by atoms with E-state index in [4.69, 9.17) is 5.26 Å². The molecule has 23 heavy (non-hydrogen) atoms. The molecule has 1 rings (SSSR count). The largest absolute Gasteiger partial charge is 0.467 e. The van der Waals surface area contributed by atoms with Crippen molar-refractivity contribution in [3.05, 3.63) is 29.8 Å². The average molecular weight is 317 g/mol. The van der Waals surface area contributed by atoms with E-state index in [2.05, 4.69) is 15.4 Å². The van der Waals surface area contributed by atoms with Crippen LogP contribution in [0.2, 0.25) is 0 Å². The highest BCUT2D eigenvalue weighted by atomic mass is 16.5. The number of hydrogen-bond donors (Lipinski definition) is 2. The highest BCUT2D eigenvalue weighted by molar-refractivity contribution is 5.97. The van der Waals surface area contributed by atoms with Crippen LogP contribution in [0.25, 0.3) is 0 Å². The molecule has 7 heteroatoms. The Hall–Kier alpha value is -2.88. The van der Waals surface area contributed by atoms with Gasteiger partial charge in [-0.2, -0.15) is 5.26 Å². The van der Waals surface area contributed by atoms with Crippen LogP contribution in [-0.2, 0) is 14.3 Å². The van der Waals surface area contributed by atoms with Gasteiger partial charge >= 0.3 is 5.97 Å². The molecule has 1 aromatic carbocycles. The van der Waals surface area contributed by atoms with Gasteiger partial charge in [0.15, 0.2) is 0 Å². The maximum atomic E-state index is 12.2. The minimum Gasteiger partial charge on any atom is -0.467 e. The molecule has 2 amide bonds. The lowest BCUT2D eigenvalue weighted by atomic mass is 9.98. The van der Waals surface area contributed by atoms with Crippen LogP contribution in [0.5, 0.6) is 0 Å². The van der Waals surface area contributed by atoms with Crippen molar-refractivity contribution in [3.8, 4) is 6.07 Å². The summed E-state index contributed by atoms with van der Waals surface area (Å²) in [5.74, 6) is -1.65. The molecule has 0 aliphatic rings. The highest BCUT2D eigenvalue weighted by Gasteiger charge is 2.28. The number of rotatable bonds is 6. The van der Waals surface area contributed by atoms with Gasteiger partial charge in [0.1, 0.15) is 6.04 Å². The van der Waals surface area contributed by atoms with Crippen molar-refractivity contribution >= 4 is 23.5 Å². The fourth-order valence-corrected chi connectivity index (χ4v) is 1.96. The van der Waals surface area contributed by atoms with Crippen LogP contribution >= 0.6 is 0 Å².